The van der Waals surface area contributed by atoms with E-state index in [1.807, 2.05) is 49.4 Å². The standard InChI is InChI=1S/C13H14N2O2/c1-9(14-13(16)15-17)11-7-6-10-4-2-3-5-12(10)8-11/h2-9,17H,1H3,(H2,14,15,16). The first-order chi connectivity index (χ1) is 8.20. The molecule has 0 heterocycles. The van der Waals surface area contributed by atoms with Crippen molar-refractivity contribution in [2.45, 2.75) is 13.0 Å². The Bertz CT molecular complexity index is 540. The van der Waals surface area contributed by atoms with Gasteiger partial charge in [-0.05, 0) is 29.3 Å². The molecule has 0 bridgehead atoms. The lowest BCUT2D eigenvalue weighted by atomic mass is 10.0. The largest absolute Gasteiger partial charge is 0.338 e. The normalized spacial score (nSPS) is 12.1. The van der Waals surface area contributed by atoms with E-state index in [4.69, 9.17) is 5.21 Å². The summed E-state index contributed by atoms with van der Waals surface area (Å²) in [4.78, 5) is 11.0. The third-order valence-corrected chi connectivity index (χ3v) is 2.72. The zero-order valence-electron chi connectivity index (χ0n) is 9.47. The number of fused-ring (bicyclic) bond motifs is 1. The lowest BCUT2D eigenvalue weighted by Gasteiger charge is -2.14. The first-order valence-corrected chi connectivity index (χ1v) is 5.40. The minimum atomic E-state index is -0.606. The summed E-state index contributed by atoms with van der Waals surface area (Å²) < 4.78 is 0. The fourth-order valence-electron chi connectivity index (χ4n) is 1.79. The Hall–Kier alpha value is -2.07. The van der Waals surface area contributed by atoms with Gasteiger partial charge in [-0.3, -0.25) is 5.21 Å². The molecule has 2 rings (SSSR count). The number of hydroxylamine groups is 1. The lowest BCUT2D eigenvalue weighted by molar-refractivity contribution is 0.159. The van der Waals surface area contributed by atoms with Crippen molar-refractivity contribution < 1.29 is 10.0 Å². The number of carbonyl (C=O) groups excluding carboxylic acids is 1. The second-order valence-electron chi connectivity index (χ2n) is 3.91. The van der Waals surface area contributed by atoms with Gasteiger partial charge in [-0.2, -0.15) is 0 Å². The number of urea groups is 1. The van der Waals surface area contributed by atoms with Crippen molar-refractivity contribution in [3.63, 3.8) is 0 Å². The van der Waals surface area contributed by atoms with Crippen LogP contribution < -0.4 is 10.8 Å². The van der Waals surface area contributed by atoms with Gasteiger partial charge < -0.3 is 5.32 Å². The Labute approximate surface area is 99.2 Å². The average molecular weight is 230 g/mol. The van der Waals surface area contributed by atoms with Gasteiger partial charge in [-0.15, -0.1) is 0 Å². The molecule has 4 nitrogen and oxygen atoms in total. The third kappa shape index (κ3) is 2.54. The summed E-state index contributed by atoms with van der Waals surface area (Å²) in [5, 5.41) is 13.3. The Balaban J connectivity index is 2.26. The van der Waals surface area contributed by atoms with Crippen molar-refractivity contribution in [1.82, 2.24) is 10.8 Å². The maximum atomic E-state index is 11.0. The summed E-state index contributed by atoms with van der Waals surface area (Å²) in [6.07, 6.45) is 0. The molecule has 0 saturated heterocycles. The number of benzene rings is 2. The van der Waals surface area contributed by atoms with Gasteiger partial charge in [0.25, 0.3) is 0 Å². The smallest absolute Gasteiger partial charge is 0.330 e. The average Bonchev–Trinajstić information content (AvgIpc) is 2.38. The summed E-state index contributed by atoms with van der Waals surface area (Å²) in [6, 6.07) is 13.3. The van der Waals surface area contributed by atoms with Crippen LogP contribution in [0.3, 0.4) is 0 Å². The summed E-state index contributed by atoms with van der Waals surface area (Å²) in [5.74, 6) is 0. The van der Waals surface area contributed by atoms with E-state index in [0.29, 0.717) is 0 Å². The Morgan fingerprint density at radius 1 is 1.18 bits per heavy atom. The zero-order valence-corrected chi connectivity index (χ0v) is 9.47. The van der Waals surface area contributed by atoms with Gasteiger partial charge in [-0.1, -0.05) is 36.4 Å². The Morgan fingerprint density at radius 3 is 2.59 bits per heavy atom. The van der Waals surface area contributed by atoms with Crippen molar-refractivity contribution in [1.29, 1.82) is 0 Å². The molecule has 0 fully saturated rings. The van der Waals surface area contributed by atoms with E-state index in [1.54, 1.807) is 5.48 Å². The molecule has 4 heteroatoms. The lowest BCUT2D eigenvalue weighted by Crippen LogP contribution is -2.34. The van der Waals surface area contributed by atoms with E-state index >= 15 is 0 Å². The highest BCUT2D eigenvalue weighted by Crippen LogP contribution is 2.19. The number of hydrogen-bond acceptors (Lipinski definition) is 2. The van der Waals surface area contributed by atoms with Crippen molar-refractivity contribution in [3.8, 4) is 0 Å². The van der Waals surface area contributed by atoms with Crippen LogP contribution in [-0.2, 0) is 0 Å². The summed E-state index contributed by atoms with van der Waals surface area (Å²) in [6.45, 7) is 1.86. The van der Waals surface area contributed by atoms with Gasteiger partial charge in [0.15, 0.2) is 0 Å². The highest BCUT2D eigenvalue weighted by Gasteiger charge is 2.08. The zero-order chi connectivity index (χ0) is 12.3. The molecule has 0 aromatic heterocycles. The molecule has 2 amide bonds. The maximum Gasteiger partial charge on any atom is 0.338 e. The highest BCUT2D eigenvalue weighted by atomic mass is 16.5. The van der Waals surface area contributed by atoms with E-state index < -0.39 is 6.03 Å². The molecule has 3 N–H and O–H groups in total. The quantitative estimate of drug-likeness (QED) is 0.548. The van der Waals surface area contributed by atoms with Gasteiger partial charge in [0.1, 0.15) is 0 Å². The van der Waals surface area contributed by atoms with Crippen LogP contribution >= 0.6 is 0 Å². The predicted octanol–water partition coefficient (Wildman–Crippen LogP) is 2.59. The molecule has 0 radical (unpaired) electrons. The predicted molar refractivity (Wildman–Crippen MR) is 65.8 cm³/mol. The molecule has 1 atom stereocenters. The number of hydrogen-bond donors (Lipinski definition) is 3. The van der Waals surface area contributed by atoms with Crippen LogP contribution in [0.5, 0.6) is 0 Å². The molecule has 0 spiro atoms. The highest BCUT2D eigenvalue weighted by molar-refractivity contribution is 5.83. The second-order valence-corrected chi connectivity index (χ2v) is 3.91. The van der Waals surface area contributed by atoms with Crippen molar-refractivity contribution >= 4 is 16.8 Å². The molecule has 2 aromatic rings. The Kier molecular flexibility index (Phi) is 3.25. The number of nitrogens with one attached hydrogen (secondary N) is 2. The van der Waals surface area contributed by atoms with Gasteiger partial charge in [0.05, 0.1) is 6.04 Å². The van der Waals surface area contributed by atoms with Crippen LogP contribution in [0.25, 0.3) is 10.8 Å². The molecular weight excluding hydrogens is 216 g/mol. The van der Waals surface area contributed by atoms with E-state index in [0.717, 1.165) is 16.3 Å². The summed E-state index contributed by atoms with van der Waals surface area (Å²) in [5.41, 5.74) is 2.55. The number of carbonyl (C=O) groups is 1. The fourth-order valence-corrected chi connectivity index (χ4v) is 1.79. The van der Waals surface area contributed by atoms with Crippen LogP contribution in [0.1, 0.15) is 18.5 Å². The van der Waals surface area contributed by atoms with Crippen molar-refractivity contribution in [2.75, 3.05) is 0 Å². The molecular formula is C13H14N2O2. The van der Waals surface area contributed by atoms with Gasteiger partial charge in [0, 0.05) is 0 Å². The SMILES string of the molecule is CC(NC(=O)NO)c1ccc2ccccc2c1. The molecule has 0 aliphatic heterocycles. The first kappa shape index (κ1) is 11.4. The Morgan fingerprint density at radius 2 is 1.88 bits per heavy atom. The minimum absolute atomic E-state index is 0.160. The van der Waals surface area contributed by atoms with Crippen LogP contribution in [0.2, 0.25) is 0 Å². The van der Waals surface area contributed by atoms with E-state index in [-0.39, 0.29) is 6.04 Å². The van der Waals surface area contributed by atoms with Crippen LogP contribution in [-0.4, -0.2) is 11.2 Å². The molecule has 1 unspecified atom stereocenters. The first-order valence-electron chi connectivity index (χ1n) is 5.40. The molecule has 2 aromatic carbocycles. The molecule has 0 aliphatic rings. The fraction of sp³-hybridized carbons (Fsp3) is 0.154. The third-order valence-electron chi connectivity index (χ3n) is 2.72. The van der Waals surface area contributed by atoms with Gasteiger partial charge in [0.2, 0.25) is 0 Å². The molecule has 0 saturated carbocycles. The van der Waals surface area contributed by atoms with E-state index in [9.17, 15) is 4.79 Å². The molecule has 88 valence electrons. The topological polar surface area (TPSA) is 61.4 Å². The second kappa shape index (κ2) is 4.84. The van der Waals surface area contributed by atoms with Gasteiger partial charge in [-0.25, -0.2) is 10.3 Å². The maximum absolute atomic E-state index is 11.0. The van der Waals surface area contributed by atoms with E-state index in [2.05, 4.69) is 5.32 Å². The molecule has 17 heavy (non-hydrogen) atoms. The summed E-state index contributed by atoms with van der Waals surface area (Å²) in [7, 11) is 0. The summed E-state index contributed by atoms with van der Waals surface area (Å²) >= 11 is 0. The monoisotopic (exact) mass is 230 g/mol. The minimum Gasteiger partial charge on any atom is -0.330 e. The van der Waals surface area contributed by atoms with Crippen LogP contribution in [0.15, 0.2) is 42.5 Å². The molecule has 0 aliphatic carbocycles. The van der Waals surface area contributed by atoms with Crippen molar-refractivity contribution in [2.24, 2.45) is 0 Å². The van der Waals surface area contributed by atoms with Gasteiger partial charge >= 0.3 is 6.03 Å². The number of amides is 2. The number of rotatable bonds is 2. The van der Waals surface area contributed by atoms with Crippen LogP contribution in [0, 0.1) is 0 Å². The van der Waals surface area contributed by atoms with Crippen LogP contribution in [0.4, 0.5) is 4.79 Å². The van der Waals surface area contributed by atoms with E-state index in [1.165, 1.54) is 0 Å². The van der Waals surface area contributed by atoms with Crippen molar-refractivity contribution in [3.05, 3.63) is 48.0 Å².